The lowest BCUT2D eigenvalue weighted by Crippen LogP contribution is -2.53. The molecular weight excluding hydrogens is 646 g/mol. The van der Waals surface area contributed by atoms with E-state index in [4.69, 9.17) is 9.47 Å². The Morgan fingerprint density at radius 1 is 0.977 bits per heavy atom. The van der Waals surface area contributed by atoms with Crippen molar-refractivity contribution in [3.8, 4) is 11.5 Å². The molecule has 1 aliphatic carbocycles. The number of amides is 2. The largest absolute Gasteiger partial charge is 0.497 e. The molecule has 0 radical (unpaired) electrons. The van der Waals surface area contributed by atoms with E-state index in [1.807, 2.05) is 19.1 Å². The van der Waals surface area contributed by atoms with Gasteiger partial charge >= 0.3 is 0 Å². The molecule has 11 heteroatoms. The molecule has 0 unspecified atom stereocenters. The van der Waals surface area contributed by atoms with Gasteiger partial charge in [-0.05, 0) is 92.9 Å². The minimum Gasteiger partial charge on any atom is -0.497 e. The third-order valence-corrected chi connectivity index (χ3v) is 10.0. The van der Waals surface area contributed by atoms with Gasteiger partial charge in [0, 0.05) is 17.1 Å². The van der Waals surface area contributed by atoms with Crippen molar-refractivity contribution in [1.82, 2.24) is 10.2 Å². The number of carbonyl (C=O) groups excluding carboxylic acids is 2. The van der Waals surface area contributed by atoms with E-state index < -0.39 is 28.5 Å². The van der Waals surface area contributed by atoms with Gasteiger partial charge in [-0.2, -0.15) is 0 Å². The number of methoxy groups -OCH3 is 1. The van der Waals surface area contributed by atoms with Gasteiger partial charge in [0.25, 0.3) is 10.0 Å². The average molecular weight is 687 g/mol. The van der Waals surface area contributed by atoms with E-state index >= 15 is 0 Å². The highest BCUT2D eigenvalue weighted by molar-refractivity contribution is 9.10. The lowest BCUT2D eigenvalue weighted by Gasteiger charge is -2.33. The summed E-state index contributed by atoms with van der Waals surface area (Å²) < 4.78 is 40.8. The fourth-order valence-corrected chi connectivity index (χ4v) is 6.94. The summed E-state index contributed by atoms with van der Waals surface area (Å²) in [5.41, 5.74) is 1.05. The predicted molar refractivity (Wildman–Crippen MR) is 174 cm³/mol. The molecule has 1 fully saturated rings. The van der Waals surface area contributed by atoms with Crippen molar-refractivity contribution in [2.45, 2.75) is 69.5 Å². The van der Waals surface area contributed by atoms with Crippen LogP contribution >= 0.6 is 15.9 Å². The topological polar surface area (TPSA) is 105 Å². The molecule has 4 rings (SSSR count). The number of nitrogens with one attached hydrogen (secondary N) is 1. The number of carbonyl (C=O) groups is 2. The normalized spacial score (nSPS) is 14.4. The van der Waals surface area contributed by atoms with Crippen LogP contribution in [-0.2, 0) is 26.2 Å². The SMILES string of the molecule is CCOc1ccc(N(CC(=O)N(Cc2cccc(OC)c2)[C@H](C)C(=O)NC2CCCCC2)S(=O)(=O)c2ccc(Br)cc2)cc1. The molecule has 0 bridgehead atoms. The second-order valence-corrected chi connectivity index (χ2v) is 13.6. The van der Waals surface area contributed by atoms with Crippen molar-refractivity contribution in [3.05, 3.63) is 82.8 Å². The van der Waals surface area contributed by atoms with Crippen LogP contribution < -0.4 is 19.1 Å². The molecule has 1 aliphatic rings. The minimum absolute atomic E-state index is 0.0322. The molecular formula is C33H40BrN3O6S. The zero-order valence-electron chi connectivity index (χ0n) is 25.4. The smallest absolute Gasteiger partial charge is 0.264 e. The first-order valence-corrected chi connectivity index (χ1v) is 17.1. The van der Waals surface area contributed by atoms with Gasteiger partial charge in [-0.25, -0.2) is 8.42 Å². The van der Waals surface area contributed by atoms with E-state index in [1.54, 1.807) is 62.6 Å². The fourth-order valence-electron chi connectivity index (χ4n) is 5.26. The van der Waals surface area contributed by atoms with Crippen LogP contribution in [0.2, 0.25) is 0 Å². The highest BCUT2D eigenvalue weighted by atomic mass is 79.9. The Labute approximate surface area is 268 Å². The van der Waals surface area contributed by atoms with Crippen LogP contribution in [0, 0.1) is 0 Å². The summed E-state index contributed by atoms with van der Waals surface area (Å²) in [6, 6.07) is 19.3. The van der Waals surface area contributed by atoms with E-state index in [2.05, 4.69) is 21.2 Å². The Morgan fingerprint density at radius 2 is 1.66 bits per heavy atom. The average Bonchev–Trinajstić information content (AvgIpc) is 3.03. The fraction of sp³-hybridized carbons (Fsp3) is 0.394. The number of benzene rings is 3. The van der Waals surface area contributed by atoms with Gasteiger partial charge in [0.15, 0.2) is 0 Å². The third-order valence-electron chi connectivity index (χ3n) is 7.72. The van der Waals surface area contributed by atoms with Crippen LogP contribution in [0.5, 0.6) is 11.5 Å². The maximum absolute atomic E-state index is 14.2. The lowest BCUT2D eigenvalue weighted by molar-refractivity contribution is -0.139. The second kappa shape index (κ2) is 15.4. The Balaban J connectivity index is 1.69. The third kappa shape index (κ3) is 8.53. The van der Waals surface area contributed by atoms with Crippen LogP contribution in [0.15, 0.2) is 82.2 Å². The molecule has 1 saturated carbocycles. The maximum atomic E-state index is 14.2. The minimum atomic E-state index is -4.17. The van der Waals surface area contributed by atoms with Crippen LogP contribution in [0.4, 0.5) is 5.69 Å². The molecule has 3 aromatic carbocycles. The lowest BCUT2D eigenvalue weighted by atomic mass is 9.95. The molecule has 0 heterocycles. The highest BCUT2D eigenvalue weighted by Gasteiger charge is 2.33. The number of ether oxygens (including phenoxy) is 2. The Morgan fingerprint density at radius 3 is 2.30 bits per heavy atom. The quantitative estimate of drug-likeness (QED) is 0.240. The number of nitrogens with zero attached hydrogens (tertiary/aromatic N) is 2. The number of halogens is 1. The molecule has 236 valence electrons. The molecule has 3 aromatic rings. The summed E-state index contributed by atoms with van der Waals surface area (Å²) in [4.78, 5) is 29.2. The Hall–Kier alpha value is -3.57. The van der Waals surface area contributed by atoms with Crippen LogP contribution in [-0.4, -0.2) is 57.5 Å². The van der Waals surface area contributed by atoms with Crippen molar-refractivity contribution in [2.24, 2.45) is 0 Å². The molecule has 1 N–H and O–H groups in total. The van der Waals surface area contributed by atoms with Crippen molar-refractivity contribution in [2.75, 3.05) is 24.6 Å². The molecule has 9 nitrogen and oxygen atoms in total. The Bertz CT molecular complexity index is 1510. The van der Waals surface area contributed by atoms with Crippen molar-refractivity contribution >= 4 is 43.5 Å². The highest BCUT2D eigenvalue weighted by Crippen LogP contribution is 2.28. The van der Waals surface area contributed by atoms with Crippen LogP contribution in [0.1, 0.15) is 51.5 Å². The standard InChI is InChI=1S/C33H40BrN3O6S/c1-4-43-29-17-15-28(16-18-29)37(44(40,41)31-19-13-26(34)14-20-31)23-32(38)36(22-25-9-8-12-30(21-25)42-3)24(2)33(39)35-27-10-6-5-7-11-27/h8-9,12-21,24,27H,4-7,10-11,22-23H2,1-3H3,(H,35,39)/t24-/m1/s1. The maximum Gasteiger partial charge on any atom is 0.264 e. The number of anilines is 1. The zero-order chi connectivity index (χ0) is 31.7. The van der Waals surface area contributed by atoms with Gasteiger partial charge in [0.05, 0.1) is 24.3 Å². The number of rotatable bonds is 13. The first kappa shape index (κ1) is 33.3. The number of hydrogen-bond donors (Lipinski definition) is 1. The van der Waals surface area contributed by atoms with Crippen molar-refractivity contribution in [3.63, 3.8) is 0 Å². The number of hydrogen-bond acceptors (Lipinski definition) is 6. The van der Waals surface area contributed by atoms with Crippen LogP contribution in [0.25, 0.3) is 0 Å². The molecule has 0 aromatic heterocycles. The second-order valence-electron chi connectivity index (χ2n) is 10.8. The van der Waals surface area contributed by atoms with E-state index in [9.17, 15) is 18.0 Å². The van der Waals surface area contributed by atoms with E-state index in [0.29, 0.717) is 23.8 Å². The van der Waals surface area contributed by atoms with E-state index in [1.165, 1.54) is 17.0 Å². The Kier molecular flexibility index (Phi) is 11.7. The van der Waals surface area contributed by atoms with Crippen LogP contribution in [0.3, 0.4) is 0 Å². The molecule has 0 saturated heterocycles. The number of sulfonamides is 1. The van der Waals surface area contributed by atoms with Gasteiger partial charge < -0.3 is 19.7 Å². The summed E-state index contributed by atoms with van der Waals surface area (Å²) >= 11 is 3.35. The molecule has 0 spiro atoms. The zero-order valence-corrected chi connectivity index (χ0v) is 27.8. The van der Waals surface area contributed by atoms with Gasteiger partial charge in [0.1, 0.15) is 24.1 Å². The van der Waals surface area contributed by atoms with Gasteiger partial charge in [0.2, 0.25) is 11.8 Å². The predicted octanol–water partition coefficient (Wildman–Crippen LogP) is 5.92. The molecule has 1 atom stereocenters. The summed E-state index contributed by atoms with van der Waals surface area (Å²) in [7, 11) is -2.61. The first-order chi connectivity index (χ1) is 21.1. The molecule has 44 heavy (non-hydrogen) atoms. The first-order valence-electron chi connectivity index (χ1n) is 14.9. The van der Waals surface area contributed by atoms with Gasteiger partial charge in [-0.1, -0.05) is 47.3 Å². The summed E-state index contributed by atoms with van der Waals surface area (Å²) in [5, 5.41) is 3.12. The molecule has 2 amide bonds. The summed E-state index contributed by atoms with van der Waals surface area (Å²) in [6.45, 7) is 3.57. The van der Waals surface area contributed by atoms with Gasteiger partial charge in [-0.3, -0.25) is 13.9 Å². The van der Waals surface area contributed by atoms with Crippen molar-refractivity contribution in [1.29, 1.82) is 0 Å². The van der Waals surface area contributed by atoms with E-state index in [0.717, 1.165) is 46.4 Å². The summed E-state index contributed by atoms with van der Waals surface area (Å²) in [6.07, 6.45) is 5.06. The molecule has 0 aliphatic heterocycles. The monoisotopic (exact) mass is 685 g/mol. The van der Waals surface area contributed by atoms with Gasteiger partial charge in [-0.15, -0.1) is 0 Å². The summed E-state index contributed by atoms with van der Waals surface area (Å²) in [5.74, 6) is 0.407. The van der Waals surface area contributed by atoms with Crippen molar-refractivity contribution < 1.29 is 27.5 Å². The van der Waals surface area contributed by atoms with E-state index in [-0.39, 0.29) is 23.4 Å².